The molecule has 0 bridgehead atoms. The van der Waals surface area contributed by atoms with Gasteiger partial charge >= 0.3 is 0 Å². The molecule has 0 spiro atoms. The summed E-state index contributed by atoms with van der Waals surface area (Å²) in [5, 5.41) is 11.0. The quantitative estimate of drug-likeness (QED) is 0.321. The van der Waals surface area contributed by atoms with Gasteiger partial charge in [0.05, 0.1) is 0 Å². The van der Waals surface area contributed by atoms with Gasteiger partial charge in [-0.25, -0.2) is 0 Å². The number of benzene rings is 1. The molecule has 0 amide bonds. The molecule has 4 nitrogen and oxygen atoms in total. The third-order valence-electron chi connectivity index (χ3n) is 2.79. The smallest absolute Gasteiger partial charge is 0.216 e. The van der Waals surface area contributed by atoms with Crippen LogP contribution in [0.25, 0.3) is 0 Å². The third-order valence-corrected chi connectivity index (χ3v) is 2.79. The second kappa shape index (κ2) is 8.72. The van der Waals surface area contributed by atoms with Crippen LogP contribution in [0.1, 0.15) is 19.4 Å². The van der Waals surface area contributed by atoms with Crippen molar-refractivity contribution in [3.05, 3.63) is 29.8 Å². The van der Waals surface area contributed by atoms with Gasteiger partial charge < -0.3 is 14.8 Å². The number of rotatable bonds is 8. The van der Waals surface area contributed by atoms with E-state index in [9.17, 15) is 0 Å². The van der Waals surface area contributed by atoms with Crippen LogP contribution in [-0.2, 0) is 16.0 Å². The molecule has 0 radical (unpaired) electrons. The minimum Gasteiger partial charge on any atom is -0.366 e. The van der Waals surface area contributed by atoms with E-state index in [4.69, 9.17) is 14.9 Å². The summed E-state index contributed by atoms with van der Waals surface area (Å²) >= 11 is 0. The molecule has 0 unspecified atom stereocenters. The minimum absolute atomic E-state index is 0.267. The molecule has 0 aliphatic rings. The zero-order valence-corrected chi connectivity index (χ0v) is 12.0. The molecule has 5 heteroatoms. The topological polar surface area (TPSA) is 54.3 Å². The molecule has 2 N–H and O–H groups in total. The Kier molecular flexibility index (Phi) is 7.22. The summed E-state index contributed by atoms with van der Waals surface area (Å²) in [4.78, 5) is 0. The average molecular weight is 262 g/mol. The Balaban J connectivity index is 2.46. The lowest BCUT2D eigenvalue weighted by atomic mass is 9.73. The normalized spacial score (nSPS) is 10.5. The third kappa shape index (κ3) is 5.45. The first-order valence-electron chi connectivity index (χ1n) is 6.84. The molecule has 0 saturated carbocycles. The van der Waals surface area contributed by atoms with Crippen molar-refractivity contribution < 1.29 is 9.47 Å². The molecule has 0 atom stereocenters. The Hall–Kier alpha value is -1.33. The van der Waals surface area contributed by atoms with Crippen molar-refractivity contribution in [2.75, 3.05) is 13.2 Å². The Bertz CT molecular complexity index is 376. The van der Waals surface area contributed by atoms with Crippen LogP contribution in [-0.4, -0.2) is 32.6 Å². The Morgan fingerprint density at radius 3 is 2.26 bits per heavy atom. The largest absolute Gasteiger partial charge is 0.366 e. The summed E-state index contributed by atoms with van der Waals surface area (Å²) in [5.41, 5.74) is 2.47. The van der Waals surface area contributed by atoms with Crippen LogP contribution in [0.2, 0.25) is 6.82 Å². The average Bonchev–Trinajstić information content (AvgIpc) is 2.45. The standard InChI is InChI=1S/C14H23BN2O2/c1-4-18-14(19-5-2)13(16)17-10-11-6-8-12(15-3)9-7-11/h6-9,14-15H,4-5,10H2,1-3H3,(H2,16,17). The molecule has 0 heterocycles. The van der Waals surface area contributed by atoms with Crippen LogP contribution in [0.3, 0.4) is 0 Å². The fraction of sp³-hybridized carbons (Fsp3) is 0.500. The Labute approximate surface area is 116 Å². The number of hydrogen-bond donors (Lipinski definition) is 2. The summed E-state index contributed by atoms with van der Waals surface area (Å²) in [6.45, 7) is 7.59. The lowest BCUT2D eigenvalue weighted by Gasteiger charge is -2.19. The van der Waals surface area contributed by atoms with E-state index in [-0.39, 0.29) is 5.84 Å². The first-order valence-corrected chi connectivity index (χ1v) is 6.84. The Morgan fingerprint density at radius 2 is 1.79 bits per heavy atom. The molecule has 1 aromatic carbocycles. The van der Waals surface area contributed by atoms with Gasteiger partial charge in [0.2, 0.25) is 6.29 Å². The van der Waals surface area contributed by atoms with Crippen LogP contribution in [0, 0.1) is 5.41 Å². The summed E-state index contributed by atoms with van der Waals surface area (Å²) in [6.07, 6.45) is -0.593. The van der Waals surface area contributed by atoms with E-state index in [1.54, 1.807) is 0 Å². The van der Waals surface area contributed by atoms with Crippen LogP contribution in [0.5, 0.6) is 0 Å². The van der Waals surface area contributed by atoms with Gasteiger partial charge in [-0.3, -0.25) is 5.41 Å². The SMILES string of the molecule is CBc1ccc(CNC(=N)C(OCC)OCC)cc1. The Morgan fingerprint density at radius 1 is 1.21 bits per heavy atom. The van der Waals surface area contributed by atoms with Crippen LogP contribution in [0.15, 0.2) is 24.3 Å². The van der Waals surface area contributed by atoms with E-state index in [1.165, 1.54) is 5.46 Å². The molecule has 0 aromatic heterocycles. The van der Waals surface area contributed by atoms with E-state index in [0.717, 1.165) is 12.8 Å². The van der Waals surface area contributed by atoms with Crippen LogP contribution in [0.4, 0.5) is 0 Å². The van der Waals surface area contributed by atoms with Crippen molar-refractivity contribution in [3.8, 4) is 0 Å². The van der Waals surface area contributed by atoms with Gasteiger partial charge in [0.25, 0.3) is 0 Å². The van der Waals surface area contributed by atoms with Gasteiger partial charge in [-0.15, -0.1) is 0 Å². The van der Waals surface area contributed by atoms with Crippen LogP contribution < -0.4 is 10.8 Å². The van der Waals surface area contributed by atoms with E-state index >= 15 is 0 Å². The fourth-order valence-electron chi connectivity index (χ4n) is 1.69. The summed E-state index contributed by atoms with van der Waals surface area (Å²) in [5.74, 6) is 0.267. The lowest BCUT2D eigenvalue weighted by Crippen LogP contribution is -2.37. The van der Waals surface area contributed by atoms with E-state index < -0.39 is 6.29 Å². The monoisotopic (exact) mass is 262 g/mol. The highest BCUT2D eigenvalue weighted by Crippen LogP contribution is 1.99. The minimum atomic E-state index is -0.593. The zero-order chi connectivity index (χ0) is 14.1. The molecule has 104 valence electrons. The first kappa shape index (κ1) is 15.7. The second-order valence-corrected chi connectivity index (χ2v) is 4.18. The molecule has 0 aliphatic carbocycles. The van der Waals surface area contributed by atoms with Gasteiger partial charge in [0, 0.05) is 19.8 Å². The van der Waals surface area contributed by atoms with Gasteiger partial charge in [-0.2, -0.15) is 0 Å². The maximum absolute atomic E-state index is 7.92. The van der Waals surface area contributed by atoms with Crippen molar-refractivity contribution in [2.24, 2.45) is 0 Å². The van der Waals surface area contributed by atoms with E-state index in [2.05, 4.69) is 36.4 Å². The second-order valence-electron chi connectivity index (χ2n) is 4.18. The zero-order valence-electron chi connectivity index (χ0n) is 12.0. The van der Waals surface area contributed by atoms with Crippen molar-refractivity contribution in [2.45, 2.75) is 33.5 Å². The molecular formula is C14H23BN2O2. The van der Waals surface area contributed by atoms with Gasteiger partial charge in [0.1, 0.15) is 0 Å². The highest BCUT2D eigenvalue weighted by atomic mass is 16.7. The molecule has 0 saturated heterocycles. The van der Waals surface area contributed by atoms with Gasteiger partial charge in [-0.05, 0) is 19.4 Å². The molecule has 1 rings (SSSR count). The summed E-state index contributed by atoms with van der Waals surface area (Å²) in [7, 11) is 1.04. The van der Waals surface area contributed by atoms with E-state index in [1.807, 2.05) is 13.8 Å². The fourth-order valence-corrected chi connectivity index (χ4v) is 1.69. The van der Waals surface area contributed by atoms with E-state index in [0.29, 0.717) is 19.8 Å². The van der Waals surface area contributed by atoms with Crippen molar-refractivity contribution in [1.29, 1.82) is 5.41 Å². The predicted molar refractivity (Wildman–Crippen MR) is 80.7 cm³/mol. The summed E-state index contributed by atoms with van der Waals surface area (Å²) < 4.78 is 10.7. The maximum Gasteiger partial charge on any atom is 0.216 e. The lowest BCUT2D eigenvalue weighted by molar-refractivity contribution is -0.0923. The molecule has 19 heavy (non-hydrogen) atoms. The maximum atomic E-state index is 7.92. The number of hydrogen-bond acceptors (Lipinski definition) is 3. The number of amidine groups is 1. The highest BCUT2D eigenvalue weighted by Gasteiger charge is 2.14. The highest BCUT2D eigenvalue weighted by molar-refractivity contribution is 6.51. The first-order chi connectivity index (χ1) is 9.21. The van der Waals surface area contributed by atoms with Gasteiger partial charge in [-0.1, -0.05) is 36.6 Å². The van der Waals surface area contributed by atoms with Gasteiger partial charge in [0.15, 0.2) is 13.1 Å². The molecular weight excluding hydrogens is 239 g/mol. The summed E-state index contributed by atoms with van der Waals surface area (Å²) in [6, 6.07) is 8.39. The predicted octanol–water partition coefficient (Wildman–Crippen LogP) is 1.26. The van der Waals surface area contributed by atoms with Crippen molar-refractivity contribution in [1.82, 2.24) is 5.32 Å². The van der Waals surface area contributed by atoms with Crippen LogP contribution >= 0.6 is 0 Å². The van der Waals surface area contributed by atoms with Crippen molar-refractivity contribution in [3.63, 3.8) is 0 Å². The van der Waals surface area contributed by atoms with Crippen molar-refractivity contribution >= 4 is 18.6 Å². The number of ether oxygens (including phenoxy) is 2. The molecule has 1 aromatic rings. The molecule has 0 fully saturated rings. The number of nitrogens with one attached hydrogen (secondary N) is 2. The molecule has 0 aliphatic heterocycles.